The summed E-state index contributed by atoms with van der Waals surface area (Å²) in [6.07, 6.45) is 0.467. The van der Waals surface area contributed by atoms with Crippen LogP contribution in [0.4, 0.5) is 16.5 Å². The number of hydrogen-bond donors (Lipinski definition) is 2. The van der Waals surface area contributed by atoms with Crippen molar-refractivity contribution >= 4 is 17.7 Å². The number of nitrogens with zero attached hydrogens (tertiary/aromatic N) is 2. The van der Waals surface area contributed by atoms with Gasteiger partial charge in [0.2, 0.25) is 5.89 Å². The number of ether oxygens (including phenoxy) is 1. The van der Waals surface area contributed by atoms with Crippen LogP contribution in [0.1, 0.15) is 37.8 Å². The van der Waals surface area contributed by atoms with Crippen molar-refractivity contribution in [3.8, 4) is 5.75 Å². The standard InChI is InChI=1S/C21H24N4O3/c1-21(2,3)15-7-9-16(10-8-15)22-19(26)23-20-25-24-18(28-20)13-14-5-11-17(27-4)12-6-14/h5-12H,13H2,1-4H3,(H2,22,23,25,26). The van der Waals surface area contributed by atoms with Gasteiger partial charge in [0.05, 0.1) is 13.5 Å². The molecule has 3 aromatic rings. The Hall–Kier alpha value is -3.35. The van der Waals surface area contributed by atoms with E-state index in [0.717, 1.165) is 11.3 Å². The fourth-order valence-corrected chi connectivity index (χ4v) is 2.61. The number of hydrogen-bond acceptors (Lipinski definition) is 5. The number of aromatic nitrogens is 2. The maximum absolute atomic E-state index is 12.1. The van der Waals surface area contributed by atoms with Crippen molar-refractivity contribution in [3.63, 3.8) is 0 Å². The van der Waals surface area contributed by atoms with E-state index in [4.69, 9.17) is 9.15 Å². The van der Waals surface area contributed by atoms with E-state index in [0.29, 0.717) is 18.0 Å². The summed E-state index contributed by atoms with van der Waals surface area (Å²) in [6.45, 7) is 6.42. The fourth-order valence-electron chi connectivity index (χ4n) is 2.61. The van der Waals surface area contributed by atoms with Crippen molar-refractivity contribution in [2.75, 3.05) is 17.7 Å². The first-order valence-electron chi connectivity index (χ1n) is 8.97. The Morgan fingerprint density at radius 3 is 2.29 bits per heavy atom. The predicted molar refractivity (Wildman–Crippen MR) is 108 cm³/mol. The van der Waals surface area contributed by atoms with Crippen molar-refractivity contribution in [3.05, 3.63) is 65.5 Å². The van der Waals surface area contributed by atoms with Gasteiger partial charge in [0.1, 0.15) is 5.75 Å². The number of rotatable bonds is 5. The van der Waals surface area contributed by atoms with Gasteiger partial charge in [0.25, 0.3) is 0 Å². The summed E-state index contributed by atoms with van der Waals surface area (Å²) < 4.78 is 10.6. The molecule has 2 amide bonds. The largest absolute Gasteiger partial charge is 0.497 e. The SMILES string of the molecule is COc1ccc(Cc2nnc(NC(=O)Nc3ccc(C(C)(C)C)cc3)o2)cc1. The number of carbonyl (C=O) groups is 1. The van der Waals surface area contributed by atoms with Gasteiger partial charge < -0.3 is 14.5 Å². The first-order chi connectivity index (χ1) is 13.3. The van der Waals surface area contributed by atoms with E-state index in [1.165, 1.54) is 5.56 Å². The molecule has 7 nitrogen and oxygen atoms in total. The van der Waals surface area contributed by atoms with Crippen LogP contribution in [0, 0.1) is 0 Å². The quantitative estimate of drug-likeness (QED) is 0.675. The Labute approximate surface area is 164 Å². The molecule has 0 aliphatic rings. The van der Waals surface area contributed by atoms with Gasteiger partial charge in [-0.2, -0.15) is 0 Å². The van der Waals surface area contributed by atoms with E-state index in [1.54, 1.807) is 7.11 Å². The lowest BCUT2D eigenvalue weighted by atomic mass is 9.87. The zero-order valence-corrected chi connectivity index (χ0v) is 16.4. The molecular formula is C21H24N4O3. The molecule has 0 saturated carbocycles. The summed E-state index contributed by atoms with van der Waals surface area (Å²) in [4.78, 5) is 12.1. The highest BCUT2D eigenvalue weighted by molar-refractivity contribution is 5.98. The highest BCUT2D eigenvalue weighted by atomic mass is 16.5. The van der Waals surface area contributed by atoms with E-state index in [-0.39, 0.29) is 11.4 Å². The van der Waals surface area contributed by atoms with E-state index >= 15 is 0 Å². The minimum atomic E-state index is -0.442. The molecule has 0 fully saturated rings. The Balaban J connectivity index is 1.56. The average molecular weight is 380 g/mol. The number of methoxy groups -OCH3 is 1. The van der Waals surface area contributed by atoms with Gasteiger partial charge in [-0.05, 0) is 40.8 Å². The van der Waals surface area contributed by atoms with Crippen LogP contribution in [0.25, 0.3) is 0 Å². The number of carbonyl (C=O) groups excluding carboxylic acids is 1. The Morgan fingerprint density at radius 2 is 1.68 bits per heavy atom. The number of benzene rings is 2. The molecule has 0 spiro atoms. The van der Waals surface area contributed by atoms with Crippen molar-refractivity contribution in [1.29, 1.82) is 0 Å². The van der Waals surface area contributed by atoms with E-state index < -0.39 is 6.03 Å². The number of urea groups is 1. The van der Waals surface area contributed by atoms with Crippen molar-refractivity contribution in [2.45, 2.75) is 32.6 Å². The molecule has 7 heteroatoms. The van der Waals surface area contributed by atoms with Gasteiger partial charge >= 0.3 is 12.0 Å². The first kappa shape index (κ1) is 19.4. The predicted octanol–water partition coefficient (Wildman–Crippen LogP) is 4.61. The smallest absolute Gasteiger partial charge is 0.327 e. The molecule has 0 unspecified atom stereocenters. The van der Waals surface area contributed by atoms with Gasteiger partial charge in [-0.1, -0.05) is 50.1 Å². The molecule has 0 bridgehead atoms. The molecule has 146 valence electrons. The molecule has 0 aliphatic carbocycles. The lowest BCUT2D eigenvalue weighted by Gasteiger charge is -2.19. The zero-order chi connectivity index (χ0) is 20.1. The highest BCUT2D eigenvalue weighted by Crippen LogP contribution is 2.23. The van der Waals surface area contributed by atoms with Crippen LogP contribution in [-0.4, -0.2) is 23.3 Å². The molecule has 2 aromatic carbocycles. The topological polar surface area (TPSA) is 89.3 Å². The summed E-state index contributed by atoms with van der Waals surface area (Å²) in [7, 11) is 1.62. The third-order valence-electron chi connectivity index (χ3n) is 4.21. The molecule has 1 aromatic heterocycles. The second kappa shape index (κ2) is 8.12. The average Bonchev–Trinajstić information content (AvgIpc) is 3.08. The van der Waals surface area contributed by atoms with Crippen LogP contribution in [0.3, 0.4) is 0 Å². The number of anilines is 2. The minimum Gasteiger partial charge on any atom is -0.497 e. The zero-order valence-electron chi connectivity index (χ0n) is 16.4. The molecule has 0 radical (unpaired) electrons. The third-order valence-corrected chi connectivity index (χ3v) is 4.21. The highest BCUT2D eigenvalue weighted by Gasteiger charge is 2.14. The van der Waals surface area contributed by atoms with Crippen LogP contribution in [0.5, 0.6) is 5.75 Å². The molecule has 28 heavy (non-hydrogen) atoms. The lowest BCUT2D eigenvalue weighted by molar-refractivity contribution is 0.261. The molecule has 0 saturated heterocycles. The second-order valence-electron chi connectivity index (χ2n) is 7.43. The monoisotopic (exact) mass is 380 g/mol. The fraction of sp³-hybridized carbons (Fsp3) is 0.286. The van der Waals surface area contributed by atoms with Gasteiger partial charge in [-0.3, -0.25) is 5.32 Å². The molecule has 0 aliphatic heterocycles. The second-order valence-corrected chi connectivity index (χ2v) is 7.43. The summed E-state index contributed by atoms with van der Waals surface area (Å²) in [5, 5.41) is 13.1. The van der Waals surface area contributed by atoms with E-state index in [9.17, 15) is 4.79 Å². The Kier molecular flexibility index (Phi) is 5.63. The summed E-state index contributed by atoms with van der Waals surface area (Å²) in [5.74, 6) is 1.19. The van der Waals surface area contributed by atoms with Crippen molar-refractivity contribution < 1.29 is 13.9 Å². The molecular weight excluding hydrogens is 356 g/mol. The lowest BCUT2D eigenvalue weighted by Crippen LogP contribution is -2.19. The van der Waals surface area contributed by atoms with Crippen LogP contribution in [-0.2, 0) is 11.8 Å². The van der Waals surface area contributed by atoms with Crippen molar-refractivity contribution in [2.24, 2.45) is 0 Å². The van der Waals surface area contributed by atoms with Crippen molar-refractivity contribution in [1.82, 2.24) is 10.2 Å². The van der Waals surface area contributed by atoms with Crippen LogP contribution >= 0.6 is 0 Å². The van der Waals surface area contributed by atoms with Gasteiger partial charge in [0.15, 0.2) is 0 Å². The first-order valence-corrected chi connectivity index (χ1v) is 8.97. The van der Waals surface area contributed by atoms with Gasteiger partial charge in [0, 0.05) is 5.69 Å². The van der Waals surface area contributed by atoms with Crippen LogP contribution in [0.15, 0.2) is 52.9 Å². The molecule has 3 rings (SSSR count). The minimum absolute atomic E-state index is 0.0484. The maximum Gasteiger partial charge on any atom is 0.327 e. The molecule has 2 N–H and O–H groups in total. The summed E-state index contributed by atoms with van der Waals surface area (Å²) in [5.41, 5.74) is 2.94. The van der Waals surface area contributed by atoms with Gasteiger partial charge in [-0.15, -0.1) is 5.10 Å². The maximum atomic E-state index is 12.1. The molecule has 1 heterocycles. The van der Waals surface area contributed by atoms with E-state index in [1.807, 2.05) is 48.5 Å². The number of nitrogens with one attached hydrogen (secondary N) is 2. The van der Waals surface area contributed by atoms with Crippen LogP contribution in [0.2, 0.25) is 0 Å². The Bertz CT molecular complexity index is 926. The summed E-state index contributed by atoms with van der Waals surface area (Å²) >= 11 is 0. The van der Waals surface area contributed by atoms with Gasteiger partial charge in [-0.25, -0.2) is 4.79 Å². The Morgan fingerprint density at radius 1 is 1.00 bits per heavy atom. The normalized spacial score (nSPS) is 11.1. The van der Waals surface area contributed by atoms with E-state index in [2.05, 4.69) is 41.6 Å². The van der Waals surface area contributed by atoms with Crippen LogP contribution < -0.4 is 15.4 Å². The summed E-state index contributed by atoms with van der Waals surface area (Å²) in [6, 6.07) is 14.9. The molecule has 0 atom stereocenters. The third kappa shape index (κ3) is 5.09. The number of amides is 2.